The summed E-state index contributed by atoms with van der Waals surface area (Å²) in [4.78, 5) is 19.5. The summed E-state index contributed by atoms with van der Waals surface area (Å²) in [5, 5.41) is 1.36. The van der Waals surface area contributed by atoms with Crippen molar-refractivity contribution in [3.05, 3.63) is 88.5 Å². The maximum atomic E-state index is 13.3. The first-order chi connectivity index (χ1) is 16.0. The molecule has 170 valence electrons. The number of carbonyl (C=O) groups is 1. The predicted octanol–water partition coefficient (Wildman–Crippen LogP) is 5.90. The Hall–Kier alpha value is -3.51. The van der Waals surface area contributed by atoms with Crippen LogP contribution in [0.5, 0.6) is 11.5 Å². The molecule has 0 aliphatic rings. The summed E-state index contributed by atoms with van der Waals surface area (Å²) in [6.45, 7) is 2.70. The van der Waals surface area contributed by atoms with E-state index in [9.17, 15) is 4.79 Å². The topological polar surface area (TPSA) is 64.8 Å². The molecular weight excluding hydrogens is 440 g/mol. The lowest BCUT2D eigenvalue weighted by atomic mass is 10.1. The quantitative estimate of drug-likeness (QED) is 0.303. The van der Waals surface area contributed by atoms with E-state index in [1.807, 2.05) is 30.3 Å². The van der Waals surface area contributed by atoms with E-state index in [2.05, 4.69) is 24.0 Å². The van der Waals surface area contributed by atoms with E-state index in [0.717, 1.165) is 28.5 Å². The molecule has 6 nitrogen and oxygen atoms in total. The fourth-order valence-corrected chi connectivity index (χ4v) is 3.94. The van der Waals surface area contributed by atoms with Crippen LogP contribution in [0, 0.1) is 0 Å². The molecule has 0 fully saturated rings. The number of nitrogens with zero attached hydrogens (tertiary/aromatic N) is 2. The molecule has 0 saturated carbocycles. The van der Waals surface area contributed by atoms with Gasteiger partial charge in [-0.3, -0.25) is 4.79 Å². The second-order valence-electron chi connectivity index (χ2n) is 7.65. The summed E-state index contributed by atoms with van der Waals surface area (Å²) >= 11 is 6.53. The lowest BCUT2D eigenvalue weighted by Gasteiger charge is -2.23. The number of carbonyl (C=O) groups excluding carboxylic acids is 1. The highest BCUT2D eigenvalue weighted by Gasteiger charge is 2.21. The Morgan fingerprint density at radius 1 is 1.00 bits per heavy atom. The number of fused-ring (bicyclic) bond motifs is 1. The molecule has 4 rings (SSSR count). The molecule has 0 N–H and O–H groups in total. The summed E-state index contributed by atoms with van der Waals surface area (Å²) in [5.41, 5.74) is 3.68. The maximum absolute atomic E-state index is 13.3. The van der Waals surface area contributed by atoms with Crippen molar-refractivity contribution in [2.45, 2.75) is 26.4 Å². The Balaban J connectivity index is 1.70. The lowest BCUT2D eigenvalue weighted by Crippen LogP contribution is -2.30. The van der Waals surface area contributed by atoms with Gasteiger partial charge in [0.25, 0.3) is 5.91 Å². The lowest BCUT2D eigenvalue weighted by molar-refractivity contribution is 0.0697. The standard InChI is InChI=1S/C26H25ClN2O4/c1-4-17-7-9-21-19(12-17)14-20(25(27)28-21)16-29(26(30)23-6-5-11-33-23)15-18-8-10-22(31-2)24(13-18)32-3/h5-14H,4,15-16H2,1-3H3. The molecule has 7 heteroatoms. The van der Waals surface area contributed by atoms with Crippen LogP contribution in [-0.2, 0) is 19.5 Å². The third-order valence-electron chi connectivity index (χ3n) is 5.52. The van der Waals surface area contributed by atoms with Crippen molar-refractivity contribution in [1.29, 1.82) is 0 Å². The summed E-state index contributed by atoms with van der Waals surface area (Å²) in [7, 11) is 3.17. The Bertz CT molecular complexity index is 1270. The highest BCUT2D eigenvalue weighted by molar-refractivity contribution is 6.30. The van der Waals surface area contributed by atoms with Crippen molar-refractivity contribution >= 4 is 28.4 Å². The number of methoxy groups -OCH3 is 2. The normalized spacial score (nSPS) is 10.9. The van der Waals surface area contributed by atoms with E-state index in [4.69, 9.17) is 25.5 Å². The maximum Gasteiger partial charge on any atom is 0.290 e. The molecule has 0 radical (unpaired) electrons. The Morgan fingerprint density at radius 2 is 1.79 bits per heavy atom. The van der Waals surface area contributed by atoms with Crippen LogP contribution in [0.1, 0.15) is 34.2 Å². The molecule has 2 aromatic heterocycles. The Kier molecular flexibility index (Phi) is 6.84. The minimum Gasteiger partial charge on any atom is -0.493 e. The van der Waals surface area contributed by atoms with E-state index in [1.165, 1.54) is 11.8 Å². The summed E-state index contributed by atoms with van der Waals surface area (Å²) in [6.07, 6.45) is 2.41. The highest BCUT2D eigenvalue weighted by atomic mass is 35.5. The van der Waals surface area contributed by atoms with Crippen LogP contribution in [0.15, 0.2) is 65.3 Å². The summed E-state index contributed by atoms with van der Waals surface area (Å²) in [6, 6.07) is 17.0. The number of amides is 1. The van der Waals surface area contributed by atoms with Crippen LogP contribution < -0.4 is 9.47 Å². The van der Waals surface area contributed by atoms with Crippen LogP contribution in [0.2, 0.25) is 5.15 Å². The SMILES string of the molecule is CCc1ccc2nc(Cl)c(CN(Cc3ccc(OC)c(OC)c3)C(=O)c3ccco3)cc2c1. The largest absolute Gasteiger partial charge is 0.493 e. The number of furan rings is 1. The van der Waals surface area contributed by atoms with Crippen LogP contribution in [-0.4, -0.2) is 30.0 Å². The molecule has 1 amide bonds. The molecule has 0 atom stereocenters. The average molecular weight is 465 g/mol. The van der Waals surface area contributed by atoms with Gasteiger partial charge in [0.2, 0.25) is 0 Å². The molecule has 4 aromatic rings. The minimum absolute atomic E-state index is 0.242. The Labute approximate surface area is 197 Å². The first-order valence-corrected chi connectivity index (χ1v) is 11.0. The molecule has 0 aliphatic heterocycles. The molecule has 0 aliphatic carbocycles. The smallest absolute Gasteiger partial charge is 0.290 e. The van der Waals surface area contributed by atoms with Gasteiger partial charge < -0.3 is 18.8 Å². The van der Waals surface area contributed by atoms with Gasteiger partial charge >= 0.3 is 0 Å². The molecule has 33 heavy (non-hydrogen) atoms. The zero-order valence-corrected chi connectivity index (χ0v) is 19.6. The monoisotopic (exact) mass is 464 g/mol. The van der Waals surface area contributed by atoms with E-state index in [0.29, 0.717) is 23.2 Å². The van der Waals surface area contributed by atoms with Crippen molar-refractivity contribution in [1.82, 2.24) is 9.88 Å². The predicted molar refractivity (Wildman–Crippen MR) is 128 cm³/mol. The first-order valence-electron chi connectivity index (χ1n) is 10.6. The van der Waals surface area contributed by atoms with Crippen molar-refractivity contribution in [3.8, 4) is 11.5 Å². The van der Waals surface area contributed by atoms with Gasteiger partial charge in [-0.15, -0.1) is 0 Å². The van der Waals surface area contributed by atoms with E-state index < -0.39 is 0 Å². The van der Waals surface area contributed by atoms with E-state index in [1.54, 1.807) is 31.3 Å². The van der Waals surface area contributed by atoms with Crippen molar-refractivity contribution in [2.24, 2.45) is 0 Å². The third-order valence-corrected chi connectivity index (χ3v) is 5.84. The van der Waals surface area contributed by atoms with Gasteiger partial charge in [-0.25, -0.2) is 4.98 Å². The van der Waals surface area contributed by atoms with Crippen LogP contribution in [0.4, 0.5) is 0 Å². The number of hydrogen-bond acceptors (Lipinski definition) is 5. The van der Waals surface area contributed by atoms with E-state index in [-0.39, 0.29) is 18.2 Å². The molecule has 0 saturated heterocycles. The van der Waals surface area contributed by atoms with Crippen molar-refractivity contribution < 1.29 is 18.7 Å². The molecular formula is C26H25ClN2O4. The zero-order chi connectivity index (χ0) is 23.4. The van der Waals surface area contributed by atoms with Gasteiger partial charge in [-0.05, 0) is 60.0 Å². The third kappa shape index (κ3) is 4.96. The molecule has 2 heterocycles. The second-order valence-corrected chi connectivity index (χ2v) is 8.00. The number of aryl methyl sites for hydroxylation is 1. The number of aromatic nitrogens is 1. The Morgan fingerprint density at radius 3 is 2.48 bits per heavy atom. The number of rotatable bonds is 8. The second kappa shape index (κ2) is 9.96. The summed E-state index contributed by atoms with van der Waals surface area (Å²) in [5.74, 6) is 1.23. The molecule has 0 unspecified atom stereocenters. The molecule has 0 spiro atoms. The van der Waals surface area contributed by atoms with Gasteiger partial charge in [0, 0.05) is 24.0 Å². The minimum atomic E-state index is -0.242. The number of benzene rings is 2. The van der Waals surface area contributed by atoms with Gasteiger partial charge in [0.05, 0.1) is 26.0 Å². The van der Waals surface area contributed by atoms with Gasteiger partial charge in [-0.2, -0.15) is 0 Å². The van der Waals surface area contributed by atoms with Gasteiger partial charge in [0.15, 0.2) is 17.3 Å². The number of pyridine rings is 1. The van der Waals surface area contributed by atoms with E-state index >= 15 is 0 Å². The fourth-order valence-electron chi connectivity index (χ4n) is 3.74. The fraction of sp³-hybridized carbons (Fsp3) is 0.231. The molecule has 2 aromatic carbocycles. The zero-order valence-electron chi connectivity index (χ0n) is 18.8. The first kappa shape index (κ1) is 22.7. The average Bonchev–Trinajstić information content (AvgIpc) is 3.38. The van der Waals surface area contributed by atoms with Gasteiger partial charge in [-0.1, -0.05) is 30.7 Å². The van der Waals surface area contributed by atoms with Crippen molar-refractivity contribution in [3.63, 3.8) is 0 Å². The number of ether oxygens (including phenoxy) is 2. The molecule has 0 bridgehead atoms. The van der Waals surface area contributed by atoms with Crippen LogP contribution >= 0.6 is 11.6 Å². The van der Waals surface area contributed by atoms with Crippen LogP contribution in [0.25, 0.3) is 10.9 Å². The summed E-state index contributed by atoms with van der Waals surface area (Å²) < 4.78 is 16.1. The van der Waals surface area contributed by atoms with Crippen molar-refractivity contribution in [2.75, 3.05) is 14.2 Å². The van der Waals surface area contributed by atoms with Gasteiger partial charge in [0.1, 0.15) is 5.15 Å². The number of halogens is 1. The number of hydrogen-bond donors (Lipinski definition) is 0. The highest BCUT2D eigenvalue weighted by Crippen LogP contribution is 2.29. The van der Waals surface area contributed by atoms with Crippen LogP contribution in [0.3, 0.4) is 0 Å².